The Hall–Kier alpha value is -1.18. The Labute approximate surface area is 86.1 Å². The second-order valence-corrected chi connectivity index (χ2v) is 4.11. The fourth-order valence-electron chi connectivity index (χ4n) is 1.27. The average molecular weight is 193 g/mol. The van der Waals surface area contributed by atoms with E-state index in [4.69, 9.17) is 10.5 Å². The molecule has 0 amide bonds. The molecular weight excluding hydrogens is 174 g/mol. The van der Waals surface area contributed by atoms with Crippen LogP contribution in [0.15, 0.2) is 18.2 Å². The second kappa shape index (κ2) is 4.89. The lowest BCUT2D eigenvalue weighted by Crippen LogP contribution is -2.01. The third kappa shape index (κ3) is 3.69. The van der Waals surface area contributed by atoms with Crippen LogP contribution in [0.25, 0.3) is 0 Å². The first-order valence-electron chi connectivity index (χ1n) is 5.08. The van der Waals surface area contributed by atoms with E-state index in [0.717, 1.165) is 30.0 Å². The lowest BCUT2D eigenvalue weighted by molar-refractivity contribution is 0.289. The molecule has 1 rings (SSSR count). The SMILES string of the molecule is Cc1cc(N)cc(OCCC(C)C)c1. The summed E-state index contributed by atoms with van der Waals surface area (Å²) in [5.74, 6) is 1.56. The molecule has 0 aliphatic carbocycles. The van der Waals surface area contributed by atoms with Gasteiger partial charge >= 0.3 is 0 Å². The predicted octanol–water partition coefficient (Wildman–Crippen LogP) is 3.00. The zero-order chi connectivity index (χ0) is 10.6. The number of ether oxygens (including phenoxy) is 1. The number of anilines is 1. The Bertz CT molecular complexity index is 274. The van der Waals surface area contributed by atoms with E-state index in [-0.39, 0.29) is 0 Å². The minimum atomic E-state index is 0.678. The lowest BCUT2D eigenvalue weighted by atomic mass is 10.1. The molecule has 0 saturated heterocycles. The number of hydrogen-bond donors (Lipinski definition) is 1. The van der Waals surface area contributed by atoms with E-state index < -0.39 is 0 Å². The van der Waals surface area contributed by atoms with Gasteiger partial charge in [0, 0.05) is 11.8 Å². The summed E-state index contributed by atoms with van der Waals surface area (Å²) in [6.45, 7) is 7.16. The summed E-state index contributed by atoms with van der Waals surface area (Å²) >= 11 is 0. The molecule has 1 aromatic rings. The van der Waals surface area contributed by atoms with Gasteiger partial charge in [0.05, 0.1) is 6.61 Å². The van der Waals surface area contributed by atoms with Crippen molar-refractivity contribution in [3.05, 3.63) is 23.8 Å². The van der Waals surface area contributed by atoms with Crippen LogP contribution >= 0.6 is 0 Å². The first-order chi connectivity index (χ1) is 6.58. The van der Waals surface area contributed by atoms with Crippen LogP contribution in [0.5, 0.6) is 5.75 Å². The molecule has 2 N–H and O–H groups in total. The highest BCUT2D eigenvalue weighted by molar-refractivity contribution is 5.47. The van der Waals surface area contributed by atoms with Crippen LogP contribution in [-0.2, 0) is 0 Å². The van der Waals surface area contributed by atoms with Crippen molar-refractivity contribution in [1.82, 2.24) is 0 Å². The molecule has 78 valence electrons. The number of nitrogen functional groups attached to an aromatic ring is 1. The molecule has 0 radical (unpaired) electrons. The van der Waals surface area contributed by atoms with Crippen LogP contribution in [-0.4, -0.2) is 6.61 Å². The minimum absolute atomic E-state index is 0.678. The fraction of sp³-hybridized carbons (Fsp3) is 0.500. The van der Waals surface area contributed by atoms with Gasteiger partial charge in [0.2, 0.25) is 0 Å². The maximum absolute atomic E-state index is 5.71. The van der Waals surface area contributed by atoms with Crippen molar-refractivity contribution in [1.29, 1.82) is 0 Å². The van der Waals surface area contributed by atoms with Crippen molar-refractivity contribution in [2.24, 2.45) is 5.92 Å². The predicted molar refractivity (Wildman–Crippen MR) is 60.5 cm³/mol. The van der Waals surface area contributed by atoms with Crippen molar-refractivity contribution in [3.63, 3.8) is 0 Å². The van der Waals surface area contributed by atoms with Gasteiger partial charge in [0.1, 0.15) is 5.75 Å². The summed E-state index contributed by atoms with van der Waals surface area (Å²) in [5.41, 5.74) is 7.62. The molecule has 1 aromatic carbocycles. The first-order valence-corrected chi connectivity index (χ1v) is 5.08. The van der Waals surface area contributed by atoms with Crippen LogP contribution in [0.1, 0.15) is 25.8 Å². The topological polar surface area (TPSA) is 35.2 Å². The van der Waals surface area contributed by atoms with Gasteiger partial charge in [-0.05, 0) is 37.0 Å². The van der Waals surface area contributed by atoms with Gasteiger partial charge in [-0.15, -0.1) is 0 Å². The summed E-state index contributed by atoms with van der Waals surface area (Å²) in [6.07, 6.45) is 1.08. The average Bonchev–Trinajstić information content (AvgIpc) is 2.01. The highest BCUT2D eigenvalue weighted by Gasteiger charge is 1.98. The molecule has 0 unspecified atom stereocenters. The van der Waals surface area contributed by atoms with Crippen molar-refractivity contribution in [2.75, 3.05) is 12.3 Å². The molecule has 2 heteroatoms. The van der Waals surface area contributed by atoms with Crippen molar-refractivity contribution < 1.29 is 4.74 Å². The summed E-state index contributed by atoms with van der Waals surface area (Å²) in [5, 5.41) is 0. The van der Waals surface area contributed by atoms with Crippen molar-refractivity contribution in [2.45, 2.75) is 27.2 Å². The molecule has 2 nitrogen and oxygen atoms in total. The highest BCUT2D eigenvalue weighted by Crippen LogP contribution is 2.18. The van der Waals surface area contributed by atoms with Crippen LogP contribution < -0.4 is 10.5 Å². The van der Waals surface area contributed by atoms with Gasteiger partial charge in [-0.25, -0.2) is 0 Å². The van der Waals surface area contributed by atoms with Crippen molar-refractivity contribution >= 4 is 5.69 Å². The van der Waals surface area contributed by atoms with Gasteiger partial charge in [-0.2, -0.15) is 0 Å². The Balaban J connectivity index is 2.50. The van der Waals surface area contributed by atoms with Gasteiger partial charge in [0.25, 0.3) is 0 Å². The second-order valence-electron chi connectivity index (χ2n) is 4.11. The quantitative estimate of drug-likeness (QED) is 0.746. The zero-order valence-corrected chi connectivity index (χ0v) is 9.21. The Kier molecular flexibility index (Phi) is 3.81. The van der Waals surface area contributed by atoms with E-state index in [9.17, 15) is 0 Å². The van der Waals surface area contributed by atoms with Gasteiger partial charge in [-0.1, -0.05) is 13.8 Å². The van der Waals surface area contributed by atoms with E-state index in [1.165, 1.54) is 0 Å². The molecule has 0 aliphatic rings. The third-order valence-electron chi connectivity index (χ3n) is 2.04. The molecule has 0 aromatic heterocycles. The third-order valence-corrected chi connectivity index (χ3v) is 2.04. The number of hydrogen-bond acceptors (Lipinski definition) is 2. The van der Waals surface area contributed by atoms with Crippen molar-refractivity contribution in [3.8, 4) is 5.75 Å². The summed E-state index contributed by atoms with van der Waals surface area (Å²) in [7, 11) is 0. The van der Waals surface area contributed by atoms with E-state index in [0.29, 0.717) is 5.92 Å². The molecular formula is C12H19NO. The van der Waals surface area contributed by atoms with Gasteiger partial charge in [0.15, 0.2) is 0 Å². The highest BCUT2D eigenvalue weighted by atomic mass is 16.5. The maximum Gasteiger partial charge on any atom is 0.121 e. The number of nitrogens with two attached hydrogens (primary N) is 1. The molecule has 0 heterocycles. The summed E-state index contributed by atoms with van der Waals surface area (Å²) < 4.78 is 5.60. The monoisotopic (exact) mass is 193 g/mol. The van der Waals surface area contributed by atoms with Crippen LogP contribution in [0.4, 0.5) is 5.69 Å². The Morgan fingerprint density at radius 3 is 2.57 bits per heavy atom. The first kappa shape index (κ1) is 10.9. The van der Waals surface area contributed by atoms with Crippen LogP contribution in [0.3, 0.4) is 0 Å². The van der Waals surface area contributed by atoms with Gasteiger partial charge < -0.3 is 10.5 Å². The Morgan fingerprint density at radius 2 is 2.00 bits per heavy atom. The Morgan fingerprint density at radius 1 is 1.29 bits per heavy atom. The number of rotatable bonds is 4. The van der Waals surface area contributed by atoms with E-state index >= 15 is 0 Å². The van der Waals surface area contributed by atoms with E-state index in [2.05, 4.69) is 13.8 Å². The zero-order valence-electron chi connectivity index (χ0n) is 9.21. The fourth-order valence-corrected chi connectivity index (χ4v) is 1.27. The normalized spacial score (nSPS) is 10.6. The molecule has 0 aliphatic heterocycles. The smallest absolute Gasteiger partial charge is 0.121 e. The molecule has 0 bridgehead atoms. The minimum Gasteiger partial charge on any atom is -0.494 e. The standard InChI is InChI=1S/C12H19NO/c1-9(2)4-5-14-12-7-10(3)6-11(13)8-12/h6-9H,4-5,13H2,1-3H3. The molecule has 0 spiro atoms. The summed E-state index contributed by atoms with van der Waals surface area (Å²) in [4.78, 5) is 0. The summed E-state index contributed by atoms with van der Waals surface area (Å²) in [6, 6.07) is 5.82. The maximum atomic E-state index is 5.71. The van der Waals surface area contributed by atoms with Crippen LogP contribution in [0.2, 0.25) is 0 Å². The molecule has 14 heavy (non-hydrogen) atoms. The molecule has 0 saturated carbocycles. The number of aryl methyl sites for hydroxylation is 1. The van der Waals surface area contributed by atoms with Crippen LogP contribution in [0, 0.1) is 12.8 Å². The van der Waals surface area contributed by atoms with Gasteiger partial charge in [-0.3, -0.25) is 0 Å². The number of benzene rings is 1. The molecule has 0 fully saturated rings. The lowest BCUT2D eigenvalue weighted by Gasteiger charge is -2.09. The molecule has 0 atom stereocenters. The van der Waals surface area contributed by atoms with E-state index in [1.54, 1.807) is 0 Å². The largest absolute Gasteiger partial charge is 0.494 e. The van der Waals surface area contributed by atoms with E-state index in [1.807, 2.05) is 25.1 Å².